The van der Waals surface area contributed by atoms with Crippen LogP contribution in [0.3, 0.4) is 0 Å². The zero-order valence-corrected chi connectivity index (χ0v) is 18.8. The number of likely N-dealkylation sites (N-methyl/N-ethyl adjacent to an activating group) is 1. The van der Waals surface area contributed by atoms with E-state index in [1.165, 1.54) is 24.5 Å². The molecule has 0 atom stereocenters. The summed E-state index contributed by atoms with van der Waals surface area (Å²) in [6.07, 6.45) is -0.0242. The van der Waals surface area contributed by atoms with Crippen LogP contribution in [0.4, 0.5) is 24.7 Å². The molecule has 0 unspecified atom stereocenters. The molecule has 2 fully saturated rings. The number of rotatable bonds is 7. The molecule has 1 saturated carbocycles. The van der Waals surface area contributed by atoms with Crippen LogP contribution in [0.15, 0.2) is 33.9 Å². The van der Waals surface area contributed by atoms with Gasteiger partial charge in [0.05, 0.1) is 11.3 Å². The number of piperazine rings is 1. The zero-order valence-electron chi connectivity index (χ0n) is 18.8. The zero-order chi connectivity index (χ0) is 23.7. The molecule has 1 N–H and O–H groups in total. The quantitative estimate of drug-likeness (QED) is 0.503. The molecule has 7 nitrogen and oxygen atoms in total. The molecule has 10 heteroatoms. The number of carbonyl (C=O) groups is 1. The highest BCUT2D eigenvalue weighted by Gasteiger charge is 2.37. The maximum Gasteiger partial charge on any atom is 0.435 e. The molecular formula is C22H31F3N6O. The molecule has 1 saturated heterocycles. The number of anilines is 2. The van der Waals surface area contributed by atoms with Crippen LogP contribution in [0.2, 0.25) is 0 Å². The maximum absolute atomic E-state index is 13.6. The van der Waals surface area contributed by atoms with Gasteiger partial charge in [0.25, 0.3) is 5.91 Å². The van der Waals surface area contributed by atoms with Crippen molar-refractivity contribution >= 4 is 30.3 Å². The fourth-order valence-corrected chi connectivity index (χ4v) is 3.02. The number of hydrogen-bond donors (Lipinski definition) is 1. The fraction of sp³-hybridized carbons (Fsp3) is 0.545. The van der Waals surface area contributed by atoms with E-state index in [-0.39, 0.29) is 11.4 Å². The molecular weight excluding hydrogens is 421 g/mol. The second-order valence-corrected chi connectivity index (χ2v) is 7.51. The van der Waals surface area contributed by atoms with E-state index in [9.17, 15) is 18.0 Å². The maximum atomic E-state index is 13.6. The summed E-state index contributed by atoms with van der Waals surface area (Å²) >= 11 is 0. The highest BCUT2D eigenvalue weighted by molar-refractivity contribution is 6.17. The molecule has 1 aromatic rings. The first-order valence-electron chi connectivity index (χ1n) is 10.8. The number of alkyl halides is 3. The van der Waals surface area contributed by atoms with E-state index in [0.717, 1.165) is 25.9 Å². The van der Waals surface area contributed by atoms with Gasteiger partial charge in [-0.05, 0) is 44.7 Å². The van der Waals surface area contributed by atoms with E-state index < -0.39 is 23.5 Å². The second-order valence-electron chi connectivity index (χ2n) is 7.51. The molecule has 0 bridgehead atoms. The number of nitrogens with zero attached hydrogens (tertiary/aromatic N) is 5. The van der Waals surface area contributed by atoms with Gasteiger partial charge in [-0.1, -0.05) is 13.8 Å². The second kappa shape index (κ2) is 11.8. The van der Waals surface area contributed by atoms with E-state index in [0.29, 0.717) is 25.6 Å². The topological polar surface area (TPSA) is 73.2 Å². The lowest BCUT2D eigenvalue weighted by Crippen LogP contribution is -2.45. The number of hydrogen-bond acceptors (Lipinski definition) is 6. The largest absolute Gasteiger partial charge is 0.435 e. The number of carbonyl (C=O) groups excluding carboxylic acids is 1. The molecule has 0 aromatic carbocycles. The van der Waals surface area contributed by atoms with Gasteiger partial charge in [0.2, 0.25) is 0 Å². The number of aromatic nitrogens is 1. The van der Waals surface area contributed by atoms with Crippen molar-refractivity contribution in [2.75, 3.05) is 50.0 Å². The summed E-state index contributed by atoms with van der Waals surface area (Å²) in [5, 5.41) is 2.30. The Morgan fingerprint density at radius 2 is 1.91 bits per heavy atom. The first-order chi connectivity index (χ1) is 15.3. The molecule has 1 amide bonds. The summed E-state index contributed by atoms with van der Waals surface area (Å²) in [6, 6.07) is 2.73. The fourth-order valence-electron chi connectivity index (χ4n) is 3.02. The number of halogens is 3. The van der Waals surface area contributed by atoms with Gasteiger partial charge >= 0.3 is 6.18 Å². The van der Waals surface area contributed by atoms with Crippen molar-refractivity contribution in [3.8, 4) is 0 Å². The predicted octanol–water partition coefficient (Wildman–Crippen LogP) is 3.88. The Kier molecular flexibility index (Phi) is 9.37. The number of amides is 1. The Morgan fingerprint density at radius 1 is 1.25 bits per heavy atom. The van der Waals surface area contributed by atoms with Gasteiger partial charge in [-0.3, -0.25) is 14.8 Å². The van der Waals surface area contributed by atoms with Crippen LogP contribution in [-0.4, -0.2) is 68.5 Å². The molecule has 3 rings (SSSR count). The van der Waals surface area contributed by atoms with Crippen molar-refractivity contribution in [1.29, 1.82) is 0 Å². The minimum atomic E-state index is -4.72. The normalized spacial score (nSPS) is 17.7. The highest BCUT2D eigenvalue weighted by atomic mass is 19.4. The van der Waals surface area contributed by atoms with Crippen LogP contribution < -0.4 is 10.2 Å². The van der Waals surface area contributed by atoms with E-state index in [1.54, 1.807) is 4.90 Å². The van der Waals surface area contributed by atoms with Crippen molar-refractivity contribution in [1.82, 2.24) is 9.88 Å². The first-order valence-corrected chi connectivity index (χ1v) is 10.8. The lowest BCUT2D eigenvalue weighted by molar-refractivity contribution is -0.140. The van der Waals surface area contributed by atoms with E-state index in [2.05, 4.69) is 31.9 Å². The van der Waals surface area contributed by atoms with Crippen molar-refractivity contribution in [3.63, 3.8) is 0 Å². The molecule has 176 valence electrons. The average molecular weight is 453 g/mol. The number of aliphatic imine (C=N–C) groups is 2. The highest BCUT2D eigenvalue weighted by Crippen LogP contribution is 2.35. The summed E-state index contributed by atoms with van der Waals surface area (Å²) < 4.78 is 40.9. The van der Waals surface area contributed by atoms with Crippen LogP contribution in [0.25, 0.3) is 0 Å². The van der Waals surface area contributed by atoms with Crippen LogP contribution in [0.1, 0.15) is 32.4 Å². The lowest BCUT2D eigenvalue weighted by Gasteiger charge is -2.33. The van der Waals surface area contributed by atoms with Gasteiger partial charge in [0.15, 0.2) is 5.69 Å². The van der Waals surface area contributed by atoms with Gasteiger partial charge < -0.3 is 15.1 Å². The number of pyridine rings is 1. The molecule has 2 heterocycles. The Balaban J connectivity index is 0.00000176. The SMILES string of the molecule is C=N/C=C(\C=NCC1CC1)C(=O)Nc1ccc(N2CCN(C)CC2)nc1C(F)(F)F.CC. The molecule has 32 heavy (non-hydrogen) atoms. The minimum Gasteiger partial charge on any atom is -0.354 e. The minimum absolute atomic E-state index is 0.0296. The van der Waals surface area contributed by atoms with Crippen LogP contribution in [0, 0.1) is 5.92 Å². The Labute approximate surface area is 187 Å². The lowest BCUT2D eigenvalue weighted by atomic mass is 10.2. The smallest absolute Gasteiger partial charge is 0.354 e. The average Bonchev–Trinajstić information content (AvgIpc) is 3.59. The Bertz CT molecular complexity index is 841. The van der Waals surface area contributed by atoms with Crippen LogP contribution in [0.5, 0.6) is 0 Å². The van der Waals surface area contributed by atoms with Gasteiger partial charge in [-0.25, -0.2) is 4.98 Å². The summed E-state index contributed by atoms with van der Waals surface area (Å²) in [6.45, 7) is 10.5. The van der Waals surface area contributed by atoms with Crippen LogP contribution in [-0.2, 0) is 11.0 Å². The van der Waals surface area contributed by atoms with E-state index in [4.69, 9.17) is 0 Å². The van der Waals surface area contributed by atoms with Gasteiger partial charge in [0, 0.05) is 45.1 Å². The summed E-state index contributed by atoms with van der Waals surface area (Å²) in [5.41, 5.74) is -1.51. The van der Waals surface area contributed by atoms with E-state index in [1.807, 2.05) is 20.9 Å². The molecule has 0 radical (unpaired) electrons. The monoisotopic (exact) mass is 452 g/mol. The predicted molar refractivity (Wildman–Crippen MR) is 123 cm³/mol. The molecule has 1 aliphatic carbocycles. The van der Waals surface area contributed by atoms with Crippen molar-refractivity contribution in [2.45, 2.75) is 32.9 Å². The molecule has 1 aromatic heterocycles. The van der Waals surface area contributed by atoms with E-state index >= 15 is 0 Å². The van der Waals surface area contributed by atoms with Crippen molar-refractivity contribution in [3.05, 3.63) is 29.6 Å². The van der Waals surface area contributed by atoms with Crippen LogP contribution >= 0.6 is 0 Å². The standard InChI is InChI=1S/C20H25F3N6O.C2H6/c1-24-12-15(13-25-11-14-3-4-14)19(30)26-16-5-6-17(27-18(16)20(21,22)23)29-9-7-28(2)8-10-29;1-2/h5-6,12-14H,1,3-4,7-11H2,2H3,(H,26,30);1-2H3/b15-12+,25-13?;. The third-order valence-electron chi connectivity index (χ3n) is 5.01. The number of nitrogens with one attached hydrogen (secondary N) is 1. The Morgan fingerprint density at radius 3 is 2.47 bits per heavy atom. The molecule has 0 spiro atoms. The van der Waals surface area contributed by atoms with Gasteiger partial charge in [-0.15, -0.1) is 0 Å². The molecule has 1 aliphatic heterocycles. The first kappa shape index (κ1) is 25.5. The summed E-state index contributed by atoms with van der Waals surface area (Å²) in [7, 11) is 1.96. The summed E-state index contributed by atoms with van der Waals surface area (Å²) in [5.74, 6) is 0.00920. The van der Waals surface area contributed by atoms with Gasteiger partial charge in [-0.2, -0.15) is 13.2 Å². The van der Waals surface area contributed by atoms with Gasteiger partial charge in [0.1, 0.15) is 5.82 Å². The van der Waals surface area contributed by atoms with Crippen molar-refractivity contribution in [2.24, 2.45) is 15.9 Å². The third kappa shape index (κ3) is 7.44. The summed E-state index contributed by atoms with van der Waals surface area (Å²) in [4.78, 5) is 28.0. The Hall–Kier alpha value is -2.75. The third-order valence-corrected chi connectivity index (χ3v) is 5.01. The molecule has 2 aliphatic rings. The van der Waals surface area contributed by atoms with Crippen molar-refractivity contribution < 1.29 is 18.0 Å².